The van der Waals surface area contributed by atoms with Gasteiger partial charge in [-0.2, -0.15) is 0 Å². The molecule has 0 bridgehead atoms. The van der Waals surface area contributed by atoms with Gasteiger partial charge in [0.1, 0.15) is 5.82 Å². The highest BCUT2D eigenvalue weighted by Gasteiger charge is 2.02. The molecule has 2 aromatic rings. The molecule has 2 aromatic carbocycles. The molecule has 1 nitrogen and oxygen atoms in total. The normalized spacial score (nSPS) is 10.4. The second-order valence-electron chi connectivity index (χ2n) is 4.11. The fourth-order valence-electron chi connectivity index (χ4n) is 1.74. The van der Waals surface area contributed by atoms with Crippen LogP contribution >= 0.6 is 11.8 Å². The van der Waals surface area contributed by atoms with Crippen molar-refractivity contribution in [1.29, 1.82) is 0 Å². The van der Waals surface area contributed by atoms with Gasteiger partial charge < -0.3 is 5.32 Å². The van der Waals surface area contributed by atoms with Crippen LogP contribution < -0.4 is 5.32 Å². The first kappa shape index (κ1) is 13.0. The lowest BCUT2D eigenvalue weighted by atomic mass is 10.1. The molecule has 0 aliphatic heterocycles. The average molecular weight is 261 g/mol. The topological polar surface area (TPSA) is 12.0 Å². The van der Waals surface area contributed by atoms with Crippen LogP contribution in [0.25, 0.3) is 0 Å². The number of hydrogen-bond donors (Lipinski definition) is 1. The minimum atomic E-state index is -0.169. The maximum atomic E-state index is 13.4. The van der Waals surface area contributed by atoms with E-state index in [4.69, 9.17) is 0 Å². The van der Waals surface area contributed by atoms with Crippen molar-refractivity contribution in [3.63, 3.8) is 0 Å². The number of thioether (sulfide) groups is 1. The molecular formula is C15H16FNS. The van der Waals surface area contributed by atoms with Crippen LogP contribution in [0.3, 0.4) is 0 Å². The highest BCUT2D eigenvalue weighted by Crippen LogP contribution is 2.19. The van der Waals surface area contributed by atoms with Crippen molar-refractivity contribution in [2.75, 3.05) is 11.6 Å². The molecule has 0 spiro atoms. The van der Waals surface area contributed by atoms with Crippen LogP contribution in [0, 0.1) is 12.7 Å². The van der Waals surface area contributed by atoms with E-state index in [0.717, 1.165) is 5.69 Å². The van der Waals surface area contributed by atoms with Crippen molar-refractivity contribution >= 4 is 17.4 Å². The van der Waals surface area contributed by atoms with Crippen LogP contribution in [0.2, 0.25) is 0 Å². The van der Waals surface area contributed by atoms with E-state index in [9.17, 15) is 4.39 Å². The van der Waals surface area contributed by atoms with E-state index in [1.54, 1.807) is 24.8 Å². The predicted octanol–water partition coefficient (Wildman–Crippen LogP) is 4.47. The fraction of sp³-hybridized carbons (Fsp3) is 0.200. The molecular weight excluding hydrogens is 245 g/mol. The molecule has 0 atom stereocenters. The van der Waals surface area contributed by atoms with Crippen LogP contribution in [-0.2, 0) is 6.54 Å². The van der Waals surface area contributed by atoms with E-state index in [0.29, 0.717) is 12.1 Å². The van der Waals surface area contributed by atoms with Crippen LogP contribution in [0.4, 0.5) is 10.1 Å². The predicted molar refractivity (Wildman–Crippen MR) is 76.7 cm³/mol. The summed E-state index contributed by atoms with van der Waals surface area (Å²) in [6.45, 7) is 2.49. The number of hydrogen-bond acceptors (Lipinski definition) is 2. The Bertz CT molecular complexity index is 523. The third kappa shape index (κ3) is 3.05. The van der Waals surface area contributed by atoms with Crippen molar-refractivity contribution in [1.82, 2.24) is 0 Å². The van der Waals surface area contributed by atoms with E-state index >= 15 is 0 Å². The van der Waals surface area contributed by atoms with Gasteiger partial charge in [-0.1, -0.05) is 18.2 Å². The molecule has 0 heterocycles. The van der Waals surface area contributed by atoms with E-state index in [1.807, 2.05) is 6.07 Å². The molecule has 0 aromatic heterocycles. The second kappa shape index (κ2) is 5.91. The van der Waals surface area contributed by atoms with Gasteiger partial charge in [0.25, 0.3) is 0 Å². The summed E-state index contributed by atoms with van der Waals surface area (Å²) in [6.07, 6.45) is 2.06. The number of anilines is 1. The lowest BCUT2D eigenvalue weighted by molar-refractivity contribution is 0.619. The molecule has 94 valence electrons. The standard InChI is InChI=1S/C15H16FNS/c1-11-14(16)4-3-5-15(11)17-10-12-6-8-13(18-2)9-7-12/h3-9,17H,10H2,1-2H3. The third-order valence-electron chi connectivity index (χ3n) is 2.91. The summed E-state index contributed by atoms with van der Waals surface area (Å²) >= 11 is 1.73. The maximum Gasteiger partial charge on any atom is 0.128 e. The molecule has 0 unspecified atom stereocenters. The summed E-state index contributed by atoms with van der Waals surface area (Å²) in [5, 5.41) is 3.26. The second-order valence-corrected chi connectivity index (χ2v) is 4.99. The van der Waals surface area contributed by atoms with Gasteiger partial charge in [0, 0.05) is 22.7 Å². The summed E-state index contributed by atoms with van der Waals surface area (Å²) in [5.41, 5.74) is 2.71. The van der Waals surface area contributed by atoms with Crippen LogP contribution in [0.5, 0.6) is 0 Å². The number of rotatable bonds is 4. The first-order chi connectivity index (χ1) is 8.70. The van der Waals surface area contributed by atoms with Gasteiger partial charge in [0.2, 0.25) is 0 Å². The highest BCUT2D eigenvalue weighted by molar-refractivity contribution is 7.98. The molecule has 0 saturated heterocycles. The number of benzene rings is 2. The Hall–Kier alpha value is -1.48. The van der Waals surface area contributed by atoms with E-state index in [1.165, 1.54) is 16.5 Å². The van der Waals surface area contributed by atoms with Gasteiger partial charge in [-0.3, -0.25) is 0 Å². The van der Waals surface area contributed by atoms with Gasteiger partial charge in [0.15, 0.2) is 0 Å². The zero-order valence-corrected chi connectivity index (χ0v) is 11.4. The molecule has 2 rings (SSSR count). The summed E-state index contributed by atoms with van der Waals surface area (Å²) in [6, 6.07) is 13.5. The fourth-order valence-corrected chi connectivity index (χ4v) is 2.15. The van der Waals surface area contributed by atoms with E-state index in [2.05, 4.69) is 35.8 Å². The van der Waals surface area contributed by atoms with Crippen molar-refractivity contribution in [2.24, 2.45) is 0 Å². The monoisotopic (exact) mass is 261 g/mol. The van der Waals surface area contributed by atoms with Crippen LogP contribution in [-0.4, -0.2) is 6.26 Å². The van der Waals surface area contributed by atoms with Crippen molar-refractivity contribution in [3.8, 4) is 0 Å². The molecule has 0 radical (unpaired) electrons. The summed E-state index contributed by atoms with van der Waals surface area (Å²) in [5.74, 6) is -0.169. The molecule has 0 aliphatic rings. The van der Waals surface area contributed by atoms with Gasteiger partial charge in [-0.05, 0) is 43.0 Å². The van der Waals surface area contributed by atoms with Gasteiger partial charge in [-0.15, -0.1) is 11.8 Å². The van der Waals surface area contributed by atoms with Crippen molar-refractivity contribution in [3.05, 3.63) is 59.4 Å². The van der Waals surface area contributed by atoms with Gasteiger partial charge in [0.05, 0.1) is 0 Å². The van der Waals surface area contributed by atoms with Crippen LogP contribution in [0.15, 0.2) is 47.4 Å². The first-order valence-corrected chi connectivity index (χ1v) is 7.05. The number of halogens is 1. The smallest absolute Gasteiger partial charge is 0.128 e. The number of nitrogens with one attached hydrogen (secondary N) is 1. The van der Waals surface area contributed by atoms with Crippen molar-refractivity contribution in [2.45, 2.75) is 18.4 Å². The zero-order chi connectivity index (χ0) is 13.0. The Morgan fingerprint density at radius 1 is 1.11 bits per heavy atom. The zero-order valence-electron chi connectivity index (χ0n) is 10.5. The maximum absolute atomic E-state index is 13.4. The van der Waals surface area contributed by atoms with E-state index in [-0.39, 0.29) is 5.82 Å². The molecule has 0 aliphatic carbocycles. The first-order valence-electron chi connectivity index (χ1n) is 5.82. The summed E-state index contributed by atoms with van der Waals surface area (Å²) < 4.78 is 13.4. The molecule has 18 heavy (non-hydrogen) atoms. The largest absolute Gasteiger partial charge is 0.381 e. The lowest BCUT2D eigenvalue weighted by Gasteiger charge is -2.10. The highest BCUT2D eigenvalue weighted by atomic mass is 32.2. The third-order valence-corrected chi connectivity index (χ3v) is 3.65. The molecule has 0 saturated carbocycles. The lowest BCUT2D eigenvalue weighted by Crippen LogP contribution is -2.01. The Morgan fingerprint density at radius 2 is 1.83 bits per heavy atom. The molecule has 1 N–H and O–H groups in total. The van der Waals surface area contributed by atoms with Gasteiger partial charge in [-0.25, -0.2) is 4.39 Å². The van der Waals surface area contributed by atoms with Gasteiger partial charge >= 0.3 is 0 Å². The molecule has 3 heteroatoms. The Morgan fingerprint density at radius 3 is 2.50 bits per heavy atom. The van der Waals surface area contributed by atoms with Crippen molar-refractivity contribution < 1.29 is 4.39 Å². The van der Waals surface area contributed by atoms with Crippen LogP contribution in [0.1, 0.15) is 11.1 Å². The van der Waals surface area contributed by atoms with E-state index < -0.39 is 0 Å². The SMILES string of the molecule is CSc1ccc(CNc2cccc(F)c2C)cc1. The minimum absolute atomic E-state index is 0.169. The molecule has 0 amide bonds. The molecule has 0 fully saturated rings. The average Bonchev–Trinajstić information content (AvgIpc) is 2.41. The Kier molecular flexibility index (Phi) is 4.26. The minimum Gasteiger partial charge on any atom is -0.381 e. The Balaban J connectivity index is 2.04. The summed E-state index contributed by atoms with van der Waals surface area (Å²) in [7, 11) is 0. The Labute approximate surface area is 111 Å². The summed E-state index contributed by atoms with van der Waals surface area (Å²) in [4.78, 5) is 1.25. The quantitative estimate of drug-likeness (QED) is 0.815.